The quantitative estimate of drug-likeness (QED) is 0.409. The highest BCUT2D eigenvalue weighted by atomic mass is 19.3. The van der Waals surface area contributed by atoms with Crippen molar-refractivity contribution in [1.82, 2.24) is 34.3 Å². The molecule has 0 N–H and O–H groups in total. The summed E-state index contributed by atoms with van der Waals surface area (Å²) in [5.41, 5.74) is 4.07. The van der Waals surface area contributed by atoms with Crippen LogP contribution < -0.4 is 0 Å². The number of carbonyl (C=O) groups is 1. The van der Waals surface area contributed by atoms with E-state index in [4.69, 9.17) is 0 Å². The predicted molar refractivity (Wildman–Crippen MR) is 132 cm³/mol. The van der Waals surface area contributed by atoms with Crippen molar-refractivity contribution in [2.75, 3.05) is 26.2 Å². The number of benzene rings is 1. The third-order valence-electron chi connectivity index (χ3n) is 6.68. The molecular formula is C26H29F2N7O. The highest BCUT2D eigenvalue weighted by Gasteiger charge is 2.25. The van der Waals surface area contributed by atoms with Crippen molar-refractivity contribution in [2.45, 2.75) is 33.4 Å². The van der Waals surface area contributed by atoms with E-state index in [1.165, 1.54) is 21.9 Å². The van der Waals surface area contributed by atoms with Gasteiger partial charge in [-0.25, -0.2) is 18.4 Å². The summed E-state index contributed by atoms with van der Waals surface area (Å²) in [5, 5.41) is 8.85. The summed E-state index contributed by atoms with van der Waals surface area (Å²) in [7, 11) is 1.75. The third kappa shape index (κ3) is 4.86. The van der Waals surface area contributed by atoms with Crippen molar-refractivity contribution in [3.63, 3.8) is 0 Å². The molecular weight excluding hydrogens is 464 g/mol. The fourth-order valence-electron chi connectivity index (χ4n) is 4.71. The fourth-order valence-corrected chi connectivity index (χ4v) is 4.71. The van der Waals surface area contributed by atoms with Crippen LogP contribution in [0, 0.1) is 13.8 Å². The first-order valence-electron chi connectivity index (χ1n) is 12.0. The number of piperazine rings is 1. The van der Waals surface area contributed by atoms with Crippen LogP contribution in [0.5, 0.6) is 0 Å². The maximum Gasteiger partial charge on any atom is 0.264 e. The van der Waals surface area contributed by atoms with Gasteiger partial charge in [0.15, 0.2) is 5.65 Å². The molecule has 188 valence electrons. The van der Waals surface area contributed by atoms with E-state index in [0.717, 1.165) is 19.6 Å². The molecule has 0 spiro atoms. The molecule has 8 nitrogen and oxygen atoms in total. The maximum atomic E-state index is 14.0. The molecule has 10 heteroatoms. The minimum Gasteiger partial charge on any atom is -0.339 e. The van der Waals surface area contributed by atoms with E-state index in [2.05, 4.69) is 51.3 Å². The first kappa shape index (κ1) is 24.1. The average molecular weight is 494 g/mol. The molecule has 36 heavy (non-hydrogen) atoms. The SMILES string of the molecule is Cc1ccc(CN2CCN(C(=O)Cn3nc(C)c4c(C(F)F)cc(-c5cnn(C)c5)nc43)CC2)cc1. The van der Waals surface area contributed by atoms with Crippen LogP contribution in [0.2, 0.25) is 0 Å². The van der Waals surface area contributed by atoms with E-state index < -0.39 is 6.43 Å². The molecule has 1 fully saturated rings. The number of nitrogens with zero attached hydrogens (tertiary/aromatic N) is 7. The zero-order valence-electron chi connectivity index (χ0n) is 20.7. The lowest BCUT2D eigenvalue weighted by molar-refractivity contribution is -0.133. The fraction of sp³-hybridized carbons (Fsp3) is 0.385. The van der Waals surface area contributed by atoms with Gasteiger partial charge < -0.3 is 4.90 Å². The number of aryl methyl sites for hydroxylation is 3. The molecule has 4 heterocycles. The normalized spacial score (nSPS) is 14.8. The van der Waals surface area contributed by atoms with Crippen molar-refractivity contribution >= 4 is 16.9 Å². The van der Waals surface area contributed by atoms with Crippen molar-refractivity contribution in [3.8, 4) is 11.3 Å². The van der Waals surface area contributed by atoms with Gasteiger partial charge in [0.1, 0.15) is 6.54 Å². The summed E-state index contributed by atoms with van der Waals surface area (Å²) in [6.07, 6.45) is 0.607. The number of halogens is 2. The molecule has 0 saturated carbocycles. The number of pyridine rings is 1. The minimum atomic E-state index is -2.69. The second-order valence-electron chi connectivity index (χ2n) is 9.38. The molecule has 0 radical (unpaired) electrons. The lowest BCUT2D eigenvalue weighted by Gasteiger charge is -2.34. The van der Waals surface area contributed by atoms with Crippen LogP contribution in [0.3, 0.4) is 0 Å². The maximum absolute atomic E-state index is 14.0. The van der Waals surface area contributed by atoms with Crippen LogP contribution in [0.15, 0.2) is 42.7 Å². The molecule has 5 rings (SSSR count). The summed E-state index contributed by atoms with van der Waals surface area (Å²) >= 11 is 0. The van der Waals surface area contributed by atoms with E-state index in [1.807, 2.05) is 4.90 Å². The summed E-state index contributed by atoms with van der Waals surface area (Å²) in [4.78, 5) is 21.9. The minimum absolute atomic E-state index is 0.0471. The van der Waals surface area contributed by atoms with Crippen LogP contribution in [-0.4, -0.2) is 66.4 Å². The third-order valence-corrected chi connectivity index (χ3v) is 6.68. The van der Waals surface area contributed by atoms with Crippen LogP contribution >= 0.6 is 0 Å². The number of aromatic nitrogens is 5. The molecule has 0 atom stereocenters. The van der Waals surface area contributed by atoms with Crippen LogP contribution in [-0.2, 0) is 24.9 Å². The Kier molecular flexibility index (Phi) is 6.53. The van der Waals surface area contributed by atoms with Crippen molar-refractivity contribution in [1.29, 1.82) is 0 Å². The Morgan fingerprint density at radius 1 is 1.08 bits per heavy atom. The number of fused-ring (bicyclic) bond motifs is 1. The molecule has 1 aliphatic rings. The Bertz CT molecular complexity index is 1390. The Hall–Kier alpha value is -3.66. The average Bonchev–Trinajstić information content (AvgIpc) is 3.43. The molecule has 0 unspecified atom stereocenters. The van der Waals surface area contributed by atoms with Gasteiger partial charge in [0.05, 0.1) is 23.0 Å². The van der Waals surface area contributed by atoms with Crippen molar-refractivity contribution in [3.05, 3.63) is 65.1 Å². The predicted octanol–water partition coefficient (Wildman–Crippen LogP) is 3.73. The molecule has 1 saturated heterocycles. The summed E-state index contributed by atoms with van der Waals surface area (Å²) in [6, 6.07) is 9.88. The zero-order chi connectivity index (χ0) is 25.4. The molecule has 1 aromatic carbocycles. The Balaban J connectivity index is 1.33. The Morgan fingerprint density at radius 2 is 1.81 bits per heavy atom. The van der Waals surface area contributed by atoms with Crippen LogP contribution in [0.4, 0.5) is 8.78 Å². The van der Waals surface area contributed by atoms with E-state index in [1.54, 1.807) is 31.0 Å². The van der Waals surface area contributed by atoms with Crippen LogP contribution in [0.1, 0.15) is 28.8 Å². The van der Waals surface area contributed by atoms with Gasteiger partial charge in [-0.15, -0.1) is 0 Å². The van der Waals surface area contributed by atoms with Gasteiger partial charge in [0.2, 0.25) is 5.91 Å². The van der Waals surface area contributed by atoms with Gasteiger partial charge in [-0.1, -0.05) is 29.8 Å². The van der Waals surface area contributed by atoms with Gasteiger partial charge in [-0.2, -0.15) is 10.2 Å². The Labute approximate surface area is 208 Å². The Morgan fingerprint density at radius 3 is 2.44 bits per heavy atom. The molecule has 1 aliphatic heterocycles. The number of rotatable bonds is 6. The number of carbonyl (C=O) groups excluding carboxylic acids is 1. The smallest absolute Gasteiger partial charge is 0.264 e. The lowest BCUT2D eigenvalue weighted by atomic mass is 10.1. The molecule has 1 amide bonds. The highest BCUT2D eigenvalue weighted by molar-refractivity contribution is 5.87. The van der Waals surface area contributed by atoms with Gasteiger partial charge >= 0.3 is 0 Å². The van der Waals surface area contributed by atoms with Crippen molar-refractivity contribution in [2.24, 2.45) is 7.05 Å². The highest BCUT2D eigenvalue weighted by Crippen LogP contribution is 2.33. The lowest BCUT2D eigenvalue weighted by Crippen LogP contribution is -2.49. The summed E-state index contributed by atoms with van der Waals surface area (Å²) < 4.78 is 31.0. The second-order valence-corrected chi connectivity index (χ2v) is 9.38. The zero-order valence-corrected chi connectivity index (χ0v) is 20.7. The molecule has 0 bridgehead atoms. The van der Waals surface area contributed by atoms with E-state index in [9.17, 15) is 13.6 Å². The van der Waals surface area contributed by atoms with Gasteiger partial charge in [0.25, 0.3) is 6.43 Å². The van der Waals surface area contributed by atoms with E-state index >= 15 is 0 Å². The van der Waals surface area contributed by atoms with Crippen LogP contribution in [0.25, 0.3) is 22.3 Å². The van der Waals surface area contributed by atoms with E-state index in [-0.39, 0.29) is 23.7 Å². The number of hydrogen-bond acceptors (Lipinski definition) is 5. The first-order chi connectivity index (χ1) is 17.3. The van der Waals surface area contributed by atoms with Crippen molar-refractivity contribution < 1.29 is 13.6 Å². The van der Waals surface area contributed by atoms with E-state index in [0.29, 0.717) is 35.4 Å². The molecule has 3 aromatic heterocycles. The molecule has 0 aliphatic carbocycles. The summed E-state index contributed by atoms with van der Waals surface area (Å²) in [6.45, 7) is 7.32. The molecule has 4 aromatic rings. The summed E-state index contributed by atoms with van der Waals surface area (Å²) in [5.74, 6) is -0.0958. The largest absolute Gasteiger partial charge is 0.339 e. The topological polar surface area (TPSA) is 72.1 Å². The van der Waals surface area contributed by atoms with Gasteiger partial charge in [-0.05, 0) is 25.5 Å². The number of amides is 1. The van der Waals surface area contributed by atoms with Gasteiger partial charge in [0, 0.05) is 57.1 Å². The second kappa shape index (κ2) is 9.77. The number of hydrogen-bond donors (Lipinski definition) is 0. The van der Waals surface area contributed by atoms with Gasteiger partial charge in [-0.3, -0.25) is 14.4 Å². The monoisotopic (exact) mass is 493 g/mol. The number of alkyl halides is 2. The first-order valence-corrected chi connectivity index (χ1v) is 12.0. The standard InChI is InChI=1S/C26H29F2N7O/c1-17-4-6-19(7-5-17)14-33-8-10-34(11-9-33)23(36)16-35-26-24(18(2)31-35)21(25(27)28)12-22(30-26)20-13-29-32(3)15-20/h4-7,12-13,15,25H,8-11,14,16H2,1-3H3.